The van der Waals surface area contributed by atoms with E-state index in [2.05, 4.69) is 31.2 Å². The van der Waals surface area contributed by atoms with Gasteiger partial charge in [-0.25, -0.2) is 4.39 Å². The maximum Gasteiger partial charge on any atom is 0.152 e. The van der Waals surface area contributed by atoms with Gasteiger partial charge in [0.25, 0.3) is 0 Å². The van der Waals surface area contributed by atoms with E-state index in [1.165, 1.54) is 12.8 Å². The van der Waals surface area contributed by atoms with Crippen molar-refractivity contribution in [2.45, 2.75) is 50.9 Å². The van der Waals surface area contributed by atoms with Crippen LogP contribution in [0.25, 0.3) is 0 Å². The number of aromatic nitrogens is 2. The van der Waals surface area contributed by atoms with E-state index in [9.17, 15) is 0 Å². The SMILES string of the molecule is CN(C)CCn1ncc(Br)c1C(C)(F)CC1CCCCN1. The van der Waals surface area contributed by atoms with Crippen LogP contribution in [-0.4, -0.2) is 47.9 Å². The topological polar surface area (TPSA) is 33.1 Å². The second kappa shape index (κ2) is 7.20. The van der Waals surface area contributed by atoms with Gasteiger partial charge in [-0.05, 0) is 56.3 Å². The van der Waals surface area contributed by atoms with Gasteiger partial charge in [-0.3, -0.25) is 4.68 Å². The van der Waals surface area contributed by atoms with Crippen molar-refractivity contribution in [3.05, 3.63) is 16.4 Å². The molecule has 0 aliphatic carbocycles. The molecule has 2 rings (SSSR count). The predicted molar refractivity (Wildman–Crippen MR) is 87.2 cm³/mol. The average Bonchev–Trinajstić information content (AvgIpc) is 2.79. The first kappa shape index (κ1) is 16.9. The van der Waals surface area contributed by atoms with Crippen LogP contribution in [0, 0.1) is 0 Å². The lowest BCUT2D eigenvalue weighted by atomic mass is 9.90. The van der Waals surface area contributed by atoms with E-state index < -0.39 is 5.67 Å². The van der Waals surface area contributed by atoms with E-state index >= 15 is 4.39 Å². The first-order chi connectivity index (χ1) is 9.90. The summed E-state index contributed by atoms with van der Waals surface area (Å²) in [5, 5.41) is 7.76. The van der Waals surface area contributed by atoms with E-state index in [0.29, 0.717) is 18.7 Å². The molecule has 1 aromatic heterocycles. The third-order valence-electron chi connectivity index (χ3n) is 4.09. The maximum atomic E-state index is 15.3. The molecule has 21 heavy (non-hydrogen) atoms. The van der Waals surface area contributed by atoms with Crippen molar-refractivity contribution in [2.24, 2.45) is 0 Å². The first-order valence-electron chi connectivity index (χ1n) is 7.69. The minimum absolute atomic E-state index is 0.262. The predicted octanol–water partition coefficient (Wildman–Crippen LogP) is 2.92. The van der Waals surface area contributed by atoms with Crippen molar-refractivity contribution in [3.63, 3.8) is 0 Å². The monoisotopic (exact) mass is 360 g/mol. The molecule has 120 valence electrons. The molecule has 1 saturated heterocycles. The van der Waals surface area contributed by atoms with Gasteiger partial charge in [0, 0.05) is 19.0 Å². The summed E-state index contributed by atoms with van der Waals surface area (Å²) in [5.41, 5.74) is -0.715. The Kier molecular flexibility index (Phi) is 5.80. The van der Waals surface area contributed by atoms with E-state index in [4.69, 9.17) is 0 Å². The van der Waals surface area contributed by atoms with Crippen LogP contribution in [0.2, 0.25) is 0 Å². The van der Waals surface area contributed by atoms with E-state index in [-0.39, 0.29) is 6.04 Å². The van der Waals surface area contributed by atoms with Gasteiger partial charge in [-0.15, -0.1) is 0 Å². The number of halogens is 2. The number of alkyl halides is 1. The highest BCUT2D eigenvalue weighted by Gasteiger charge is 2.35. The number of hydrogen-bond acceptors (Lipinski definition) is 3. The molecule has 0 amide bonds. The molecule has 1 fully saturated rings. The number of rotatable bonds is 6. The molecule has 2 heterocycles. The van der Waals surface area contributed by atoms with Gasteiger partial charge in [0.05, 0.1) is 22.9 Å². The quantitative estimate of drug-likeness (QED) is 0.846. The van der Waals surface area contributed by atoms with Gasteiger partial charge < -0.3 is 10.2 Å². The Balaban J connectivity index is 2.11. The smallest absolute Gasteiger partial charge is 0.152 e. The Morgan fingerprint density at radius 3 is 2.90 bits per heavy atom. The van der Waals surface area contributed by atoms with Gasteiger partial charge in [0.15, 0.2) is 5.67 Å². The molecule has 1 aliphatic heterocycles. The fourth-order valence-corrected chi connectivity index (χ4v) is 3.71. The Morgan fingerprint density at radius 2 is 2.29 bits per heavy atom. The standard InChI is InChI=1S/C15H26BrFN4/c1-15(17,10-12-6-4-5-7-18-12)14-13(16)11-19-21(14)9-8-20(2)3/h11-12,18H,4-10H2,1-3H3. The Labute approximate surface area is 135 Å². The summed E-state index contributed by atoms with van der Waals surface area (Å²) >= 11 is 3.47. The molecule has 4 nitrogen and oxygen atoms in total. The average molecular weight is 361 g/mol. The van der Waals surface area contributed by atoms with Crippen molar-refractivity contribution in [2.75, 3.05) is 27.2 Å². The van der Waals surface area contributed by atoms with Gasteiger partial charge >= 0.3 is 0 Å². The molecule has 0 radical (unpaired) electrons. The lowest BCUT2D eigenvalue weighted by molar-refractivity contribution is 0.132. The Hall–Kier alpha value is -0.460. The van der Waals surface area contributed by atoms with Crippen LogP contribution < -0.4 is 5.32 Å². The van der Waals surface area contributed by atoms with Crippen LogP contribution in [0.5, 0.6) is 0 Å². The second-order valence-electron chi connectivity index (χ2n) is 6.42. The molecule has 2 unspecified atom stereocenters. The molecule has 1 aromatic rings. The van der Waals surface area contributed by atoms with E-state index in [1.807, 2.05) is 14.1 Å². The molecular weight excluding hydrogens is 335 g/mol. The molecule has 0 saturated carbocycles. The highest BCUT2D eigenvalue weighted by Crippen LogP contribution is 2.36. The van der Waals surface area contributed by atoms with Crippen molar-refractivity contribution in [1.82, 2.24) is 20.0 Å². The third-order valence-corrected chi connectivity index (χ3v) is 4.67. The summed E-state index contributed by atoms with van der Waals surface area (Å²) in [4.78, 5) is 2.08. The summed E-state index contributed by atoms with van der Waals surface area (Å²) in [6.45, 7) is 4.23. The minimum Gasteiger partial charge on any atom is -0.314 e. The molecule has 1 aliphatic rings. The Morgan fingerprint density at radius 1 is 1.52 bits per heavy atom. The summed E-state index contributed by atoms with van der Waals surface area (Å²) in [5.74, 6) is 0. The number of hydrogen-bond donors (Lipinski definition) is 1. The lowest BCUT2D eigenvalue weighted by Crippen LogP contribution is -2.39. The molecule has 1 N–H and O–H groups in total. The fourth-order valence-electron chi connectivity index (χ4n) is 3.00. The summed E-state index contributed by atoms with van der Waals surface area (Å²) in [6.07, 6.45) is 5.65. The van der Waals surface area contributed by atoms with Crippen molar-refractivity contribution < 1.29 is 4.39 Å². The Bertz CT molecular complexity index is 453. The highest BCUT2D eigenvalue weighted by atomic mass is 79.9. The summed E-state index contributed by atoms with van der Waals surface area (Å²) in [7, 11) is 4.03. The largest absolute Gasteiger partial charge is 0.314 e. The maximum absolute atomic E-state index is 15.3. The number of nitrogens with one attached hydrogen (secondary N) is 1. The second-order valence-corrected chi connectivity index (χ2v) is 7.27. The molecule has 0 aromatic carbocycles. The van der Waals surface area contributed by atoms with Crippen LogP contribution in [-0.2, 0) is 12.2 Å². The van der Waals surface area contributed by atoms with Crippen LogP contribution in [0.4, 0.5) is 4.39 Å². The van der Waals surface area contributed by atoms with Gasteiger partial charge in [0.1, 0.15) is 0 Å². The zero-order valence-electron chi connectivity index (χ0n) is 13.2. The van der Waals surface area contributed by atoms with Crippen LogP contribution >= 0.6 is 15.9 Å². The number of nitrogens with zero attached hydrogens (tertiary/aromatic N) is 3. The van der Waals surface area contributed by atoms with Crippen LogP contribution in [0.3, 0.4) is 0 Å². The molecular formula is C15H26BrFN4. The third kappa shape index (κ3) is 4.50. The van der Waals surface area contributed by atoms with Gasteiger partial charge in [-0.1, -0.05) is 6.42 Å². The van der Waals surface area contributed by atoms with E-state index in [0.717, 1.165) is 24.0 Å². The van der Waals surface area contributed by atoms with Crippen molar-refractivity contribution in [3.8, 4) is 0 Å². The lowest BCUT2D eigenvalue weighted by Gasteiger charge is -2.30. The highest BCUT2D eigenvalue weighted by molar-refractivity contribution is 9.10. The zero-order chi connectivity index (χ0) is 15.5. The fraction of sp³-hybridized carbons (Fsp3) is 0.800. The molecule has 0 spiro atoms. The minimum atomic E-state index is -1.38. The van der Waals surface area contributed by atoms with Gasteiger partial charge in [-0.2, -0.15) is 5.10 Å². The number of piperidine rings is 1. The zero-order valence-corrected chi connectivity index (χ0v) is 14.8. The van der Waals surface area contributed by atoms with Gasteiger partial charge in [0.2, 0.25) is 0 Å². The number of likely N-dealkylation sites (N-methyl/N-ethyl adjacent to an activating group) is 1. The summed E-state index contributed by atoms with van der Waals surface area (Å²) in [6, 6.07) is 0.262. The molecule has 0 bridgehead atoms. The van der Waals surface area contributed by atoms with Crippen LogP contribution in [0.15, 0.2) is 10.7 Å². The first-order valence-corrected chi connectivity index (χ1v) is 8.48. The van der Waals surface area contributed by atoms with Crippen LogP contribution in [0.1, 0.15) is 38.3 Å². The van der Waals surface area contributed by atoms with E-state index in [1.54, 1.807) is 17.8 Å². The summed E-state index contributed by atoms with van der Waals surface area (Å²) < 4.78 is 17.9. The molecule has 6 heteroatoms. The normalized spacial score (nSPS) is 22.5. The molecule has 2 atom stereocenters. The van der Waals surface area contributed by atoms with Crippen molar-refractivity contribution in [1.29, 1.82) is 0 Å². The van der Waals surface area contributed by atoms with Crippen molar-refractivity contribution >= 4 is 15.9 Å².